The number of hydrogen-bond donors (Lipinski definition) is 1. The number of carbonyl (C=O) groups is 1. The van der Waals surface area contributed by atoms with E-state index in [4.69, 9.17) is 21.1 Å². The van der Waals surface area contributed by atoms with Gasteiger partial charge in [0.1, 0.15) is 18.1 Å². The van der Waals surface area contributed by atoms with Gasteiger partial charge in [0.15, 0.2) is 11.0 Å². The normalized spacial score (nSPS) is 10.7. The van der Waals surface area contributed by atoms with Gasteiger partial charge in [-0.3, -0.25) is 9.36 Å². The summed E-state index contributed by atoms with van der Waals surface area (Å²) in [7, 11) is 1.62. The van der Waals surface area contributed by atoms with Crippen LogP contribution in [0.1, 0.15) is 5.56 Å². The number of nitrogens with one attached hydrogen (secondary N) is 1. The molecule has 0 aliphatic carbocycles. The standard InChI is InChI=1S/C30H25ClN4O3S/c1-37-27-9-5-8-22(18-27)29-33-34-30(35(29)25-14-10-23(31)11-15-25)39-20-28(36)32-24-12-16-26(17-13-24)38-19-21-6-3-2-4-7-21/h2-18H,19-20H2,1H3,(H,32,36). The van der Waals surface area contributed by atoms with Crippen molar-refractivity contribution in [2.75, 3.05) is 18.2 Å². The van der Waals surface area contributed by atoms with Crippen molar-refractivity contribution < 1.29 is 14.3 Å². The zero-order valence-electron chi connectivity index (χ0n) is 21.1. The quantitative estimate of drug-likeness (QED) is 0.188. The van der Waals surface area contributed by atoms with Gasteiger partial charge in [0.25, 0.3) is 0 Å². The third-order valence-corrected chi connectivity index (χ3v) is 6.95. The SMILES string of the molecule is COc1cccc(-c2nnc(SCC(=O)Nc3ccc(OCc4ccccc4)cc3)n2-c2ccc(Cl)cc2)c1. The van der Waals surface area contributed by atoms with Gasteiger partial charge in [-0.05, 0) is 66.2 Å². The molecule has 1 heterocycles. The topological polar surface area (TPSA) is 78.3 Å². The Bertz CT molecular complexity index is 1540. The fraction of sp³-hybridized carbons (Fsp3) is 0.100. The maximum atomic E-state index is 12.8. The number of rotatable bonds is 10. The molecule has 0 aliphatic heterocycles. The fourth-order valence-corrected chi connectivity index (χ4v) is 4.72. The molecule has 1 N–H and O–H groups in total. The summed E-state index contributed by atoms with van der Waals surface area (Å²) in [6.07, 6.45) is 0. The summed E-state index contributed by atoms with van der Waals surface area (Å²) in [4.78, 5) is 12.8. The molecule has 4 aromatic carbocycles. The average molecular weight is 557 g/mol. The van der Waals surface area contributed by atoms with Crippen molar-refractivity contribution in [3.05, 3.63) is 114 Å². The molecule has 9 heteroatoms. The van der Waals surface area contributed by atoms with Crippen LogP contribution in [0.3, 0.4) is 0 Å². The van der Waals surface area contributed by atoms with E-state index < -0.39 is 0 Å². The first-order chi connectivity index (χ1) is 19.1. The van der Waals surface area contributed by atoms with Crippen LogP contribution in [0.2, 0.25) is 5.02 Å². The van der Waals surface area contributed by atoms with Crippen LogP contribution in [0, 0.1) is 0 Å². The summed E-state index contributed by atoms with van der Waals surface area (Å²) in [5, 5.41) is 12.9. The molecule has 1 amide bonds. The number of hydrogen-bond acceptors (Lipinski definition) is 6. The van der Waals surface area contributed by atoms with Crippen LogP contribution in [-0.2, 0) is 11.4 Å². The van der Waals surface area contributed by atoms with E-state index in [9.17, 15) is 4.79 Å². The summed E-state index contributed by atoms with van der Waals surface area (Å²) in [6, 6.07) is 32.3. The minimum Gasteiger partial charge on any atom is -0.497 e. The summed E-state index contributed by atoms with van der Waals surface area (Å²) in [5.74, 6) is 2.06. The molecule has 0 radical (unpaired) electrons. The van der Waals surface area contributed by atoms with E-state index in [0.29, 0.717) is 34.0 Å². The number of aromatic nitrogens is 3. The Morgan fingerprint density at radius 1 is 0.897 bits per heavy atom. The molecular weight excluding hydrogens is 532 g/mol. The first-order valence-electron chi connectivity index (χ1n) is 12.1. The summed E-state index contributed by atoms with van der Waals surface area (Å²) < 4.78 is 13.1. The van der Waals surface area contributed by atoms with Gasteiger partial charge in [0.05, 0.1) is 12.9 Å². The van der Waals surface area contributed by atoms with E-state index >= 15 is 0 Å². The van der Waals surface area contributed by atoms with Crippen LogP contribution in [0.25, 0.3) is 17.1 Å². The number of amides is 1. The highest BCUT2D eigenvalue weighted by molar-refractivity contribution is 7.99. The molecule has 1 aromatic heterocycles. The molecule has 0 saturated heterocycles. The van der Waals surface area contributed by atoms with Crippen LogP contribution in [0.5, 0.6) is 11.5 Å². The van der Waals surface area contributed by atoms with Gasteiger partial charge in [0.2, 0.25) is 5.91 Å². The molecule has 0 bridgehead atoms. The van der Waals surface area contributed by atoms with Crippen molar-refractivity contribution in [2.45, 2.75) is 11.8 Å². The van der Waals surface area contributed by atoms with E-state index in [1.807, 2.05) is 95.6 Å². The Morgan fingerprint density at radius 2 is 1.67 bits per heavy atom. The Kier molecular flexibility index (Phi) is 8.45. The highest BCUT2D eigenvalue weighted by Gasteiger charge is 2.18. The lowest BCUT2D eigenvalue weighted by Gasteiger charge is -2.11. The third kappa shape index (κ3) is 6.79. The van der Waals surface area contributed by atoms with Gasteiger partial charge in [-0.25, -0.2) is 0 Å². The van der Waals surface area contributed by atoms with Crippen LogP contribution in [0.15, 0.2) is 108 Å². The van der Waals surface area contributed by atoms with E-state index in [1.54, 1.807) is 19.2 Å². The monoisotopic (exact) mass is 556 g/mol. The van der Waals surface area contributed by atoms with Crippen molar-refractivity contribution in [3.63, 3.8) is 0 Å². The summed E-state index contributed by atoms with van der Waals surface area (Å²) in [6.45, 7) is 0.481. The van der Waals surface area contributed by atoms with Gasteiger partial charge in [-0.15, -0.1) is 10.2 Å². The number of anilines is 1. The van der Waals surface area contributed by atoms with Crippen molar-refractivity contribution in [2.24, 2.45) is 0 Å². The number of nitrogens with zero attached hydrogens (tertiary/aromatic N) is 3. The molecule has 0 spiro atoms. The third-order valence-electron chi connectivity index (χ3n) is 5.76. The van der Waals surface area contributed by atoms with Gasteiger partial charge in [-0.1, -0.05) is 65.8 Å². The predicted molar refractivity (Wildman–Crippen MR) is 155 cm³/mol. The molecule has 196 valence electrons. The molecule has 0 aliphatic rings. The number of methoxy groups -OCH3 is 1. The van der Waals surface area contributed by atoms with Crippen molar-refractivity contribution in [1.29, 1.82) is 0 Å². The second-order valence-corrected chi connectivity index (χ2v) is 9.86. The Balaban J connectivity index is 1.26. The smallest absolute Gasteiger partial charge is 0.234 e. The first-order valence-corrected chi connectivity index (χ1v) is 13.5. The van der Waals surface area contributed by atoms with Crippen molar-refractivity contribution in [3.8, 4) is 28.6 Å². The second kappa shape index (κ2) is 12.5. The van der Waals surface area contributed by atoms with Crippen molar-refractivity contribution >= 4 is 35.0 Å². The molecule has 0 fully saturated rings. The number of benzene rings is 4. The van der Waals surface area contributed by atoms with Gasteiger partial charge >= 0.3 is 0 Å². The van der Waals surface area contributed by atoms with E-state index in [-0.39, 0.29) is 11.7 Å². The fourth-order valence-electron chi connectivity index (χ4n) is 3.84. The highest BCUT2D eigenvalue weighted by atomic mass is 35.5. The molecule has 5 aromatic rings. The van der Waals surface area contributed by atoms with E-state index in [0.717, 1.165) is 22.6 Å². The first kappa shape index (κ1) is 26.3. The minimum absolute atomic E-state index is 0.149. The van der Waals surface area contributed by atoms with Crippen LogP contribution in [-0.4, -0.2) is 33.5 Å². The number of thioether (sulfide) groups is 1. The zero-order chi connectivity index (χ0) is 27.0. The Morgan fingerprint density at radius 3 is 2.41 bits per heavy atom. The summed E-state index contributed by atoms with van der Waals surface area (Å²) >= 11 is 7.42. The molecular formula is C30H25ClN4O3S. The van der Waals surface area contributed by atoms with Crippen LogP contribution < -0.4 is 14.8 Å². The summed E-state index contributed by atoms with van der Waals surface area (Å²) in [5.41, 5.74) is 3.44. The second-order valence-electron chi connectivity index (χ2n) is 8.49. The Labute approximate surface area is 235 Å². The van der Waals surface area contributed by atoms with Crippen LogP contribution in [0.4, 0.5) is 5.69 Å². The molecule has 39 heavy (non-hydrogen) atoms. The zero-order valence-corrected chi connectivity index (χ0v) is 22.7. The largest absolute Gasteiger partial charge is 0.497 e. The van der Waals surface area contributed by atoms with E-state index in [2.05, 4.69) is 15.5 Å². The highest BCUT2D eigenvalue weighted by Crippen LogP contribution is 2.30. The van der Waals surface area contributed by atoms with Crippen LogP contribution >= 0.6 is 23.4 Å². The van der Waals surface area contributed by atoms with Crippen molar-refractivity contribution in [1.82, 2.24) is 14.8 Å². The lowest BCUT2D eigenvalue weighted by molar-refractivity contribution is -0.113. The molecule has 0 atom stereocenters. The average Bonchev–Trinajstić information content (AvgIpc) is 3.41. The lowest BCUT2D eigenvalue weighted by Crippen LogP contribution is -2.14. The maximum Gasteiger partial charge on any atom is 0.234 e. The molecule has 0 saturated carbocycles. The van der Waals surface area contributed by atoms with E-state index in [1.165, 1.54) is 11.8 Å². The number of ether oxygens (including phenoxy) is 2. The lowest BCUT2D eigenvalue weighted by atomic mass is 10.2. The minimum atomic E-state index is -0.161. The molecule has 7 nitrogen and oxygen atoms in total. The number of halogens is 1. The molecule has 0 unspecified atom stereocenters. The predicted octanol–water partition coefficient (Wildman–Crippen LogP) is 6.91. The van der Waals surface area contributed by atoms with Gasteiger partial charge in [0, 0.05) is 22.0 Å². The Hall–Kier alpha value is -4.27. The molecule has 5 rings (SSSR count). The maximum absolute atomic E-state index is 12.8. The number of carbonyl (C=O) groups excluding carboxylic acids is 1. The van der Waals surface area contributed by atoms with Gasteiger partial charge < -0.3 is 14.8 Å². The van der Waals surface area contributed by atoms with Gasteiger partial charge in [-0.2, -0.15) is 0 Å².